The number of thioether (sulfide) groups is 7. The Morgan fingerprint density at radius 2 is 0.568 bits per heavy atom. The zero-order valence-electron chi connectivity index (χ0n) is 46.2. The molecule has 0 aliphatic carbocycles. The van der Waals surface area contributed by atoms with Gasteiger partial charge in [-0.3, -0.25) is 38.4 Å². The number of fused-ring (bicyclic) bond motifs is 1. The van der Waals surface area contributed by atoms with Gasteiger partial charge in [0.1, 0.15) is 8.16 Å². The first-order chi connectivity index (χ1) is 43.0. The van der Waals surface area contributed by atoms with E-state index in [1.807, 2.05) is 4.90 Å². The monoisotopic (exact) mass is 1280 g/mol. The van der Waals surface area contributed by atoms with Gasteiger partial charge in [-0.1, -0.05) is 313 Å². The van der Waals surface area contributed by atoms with E-state index in [1.54, 1.807) is 248 Å². The van der Waals surface area contributed by atoms with E-state index >= 15 is 38.4 Å². The zero-order valence-corrected chi connectivity index (χ0v) is 51.9. The van der Waals surface area contributed by atoms with E-state index in [0.717, 1.165) is 70.6 Å². The minimum Gasteiger partial charge on any atom is -0.341 e. The predicted octanol–water partition coefficient (Wildman–Crippen LogP) is 16.9. The van der Waals surface area contributed by atoms with Gasteiger partial charge in [0.25, 0.3) is 0 Å². The Labute approximate surface area is 536 Å². The molecule has 0 saturated carbocycles. The number of allylic oxidation sites excluding steroid dienone is 6. The van der Waals surface area contributed by atoms with Crippen molar-refractivity contribution in [2.24, 2.45) is 0 Å². The van der Waals surface area contributed by atoms with Crippen LogP contribution in [0.2, 0.25) is 0 Å². The van der Waals surface area contributed by atoms with Crippen LogP contribution in [0.25, 0.3) is 0 Å². The minimum atomic E-state index is -1.87. The Bertz CT molecular complexity index is 4290. The third kappa shape index (κ3) is 10.7. The van der Waals surface area contributed by atoms with Crippen LogP contribution in [0, 0.1) is 0 Å². The molecule has 0 fully saturated rings. The maximum Gasteiger partial charge on any atom is 0.200 e. The first-order valence-corrected chi connectivity index (χ1v) is 33.6. The fourth-order valence-corrected chi connectivity index (χ4v) is 22.2. The van der Waals surface area contributed by atoms with Crippen molar-refractivity contribution in [2.45, 2.75) is 8.16 Å². The number of carbonyl (C=O) groups is 8. The Hall–Kier alpha value is -8.19. The maximum absolute atomic E-state index is 16.4. The Balaban J connectivity index is 1.10. The van der Waals surface area contributed by atoms with Crippen LogP contribution in [0.4, 0.5) is 0 Å². The molecular weight excluding hydrogens is 1230 g/mol. The van der Waals surface area contributed by atoms with Gasteiger partial charge < -0.3 is 4.90 Å². The molecule has 13 rings (SSSR count). The van der Waals surface area contributed by atoms with Crippen LogP contribution in [0.1, 0.15) is 82.9 Å². The van der Waals surface area contributed by atoms with Gasteiger partial charge in [-0.25, -0.2) is 0 Å². The van der Waals surface area contributed by atoms with Crippen LogP contribution >= 0.6 is 82.3 Å². The molecular formula is C72H45NO8S7. The van der Waals surface area contributed by atoms with Gasteiger partial charge in [-0.2, -0.15) is 0 Å². The number of ketones is 8. The first-order valence-electron chi connectivity index (χ1n) is 27.7. The summed E-state index contributed by atoms with van der Waals surface area (Å²) in [4.78, 5) is 129. The van der Waals surface area contributed by atoms with Crippen molar-refractivity contribution in [3.05, 3.63) is 349 Å². The average Bonchev–Trinajstić information content (AvgIpc) is 1.44. The SMILES string of the molecule is O=C(C1=C(C(=O)c2ccccc2)SC2(S1)C(N1CCSC3=C1C1(SC(C(=O)c4ccccc4)=C(C(=O)c4ccccc4)S1)C(C(=O)c1ccccc1)=C(C(=O)c1ccccc1)S3)=CSC(C(=O)c1ccccc1)=C2C(=O)c1ccccc1)c1ccccc1. The lowest BCUT2D eigenvalue weighted by atomic mass is 9.93. The Morgan fingerprint density at radius 3 is 0.886 bits per heavy atom. The van der Waals surface area contributed by atoms with Gasteiger partial charge in [0.15, 0.2) is 23.1 Å². The van der Waals surface area contributed by atoms with Crippen molar-refractivity contribution in [3.63, 3.8) is 0 Å². The maximum atomic E-state index is 16.4. The van der Waals surface area contributed by atoms with Gasteiger partial charge in [-0.15, -0.1) is 11.8 Å². The van der Waals surface area contributed by atoms with E-state index in [9.17, 15) is 0 Å². The summed E-state index contributed by atoms with van der Waals surface area (Å²) in [6, 6.07) is 68.7. The Morgan fingerprint density at radius 1 is 0.307 bits per heavy atom. The van der Waals surface area contributed by atoms with Gasteiger partial charge in [0, 0.05) is 56.8 Å². The molecule has 8 aromatic rings. The summed E-state index contributed by atoms with van der Waals surface area (Å²) in [7, 11) is 0. The number of hydrogen-bond donors (Lipinski definition) is 0. The highest BCUT2D eigenvalue weighted by Crippen LogP contribution is 2.72. The molecule has 0 radical (unpaired) electrons. The molecule has 9 nitrogen and oxygen atoms in total. The molecule has 0 amide bonds. The van der Waals surface area contributed by atoms with Crippen LogP contribution in [0.3, 0.4) is 0 Å². The predicted molar refractivity (Wildman–Crippen MR) is 360 cm³/mol. The number of hydrogen-bond acceptors (Lipinski definition) is 16. The molecule has 5 aliphatic heterocycles. The standard InChI is InChI=1S/C72H45NO8S7/c74-55(44-25-9-1-10-26-44)53-63(57(76)46-29-13-3-14-30-46)83-43-52(71(53)85-65(59(78)48-33-17-5-18-34-48)66(86-71)60(79)49-35-19-6-20-36-49)73-41-42-82-70-69(73)72(54(56(75)45-27-11-2-12-28-45)64(84-70)58(77)47-31-15-4-16-32-47)87-67(61(80)50-37-21-7-22-38-50)68(88-72)62(81)51-39-23-8-24-40-51/h1-40,43H,41-42H2. The van der Waals surface area contributed by atoms with Crippen LogP contribution in [-0.2, 0) is 0 Å². The van der Waals surface area contributed by atoms with Gasteiger partial charge in [0.2, 0.25) is 23.1 Å². The number of benzene rings is 8. The van der Waals surface area contributed by atoms with Gasteiger partial charge >= 0.3 is 0 Å². The van der Waals surface area contributed by atoms with E-state index in [2.05, 4.69) is 0 Å². The molecule has 16 heteroatoms. The summed E-state index contributed by atoms with van der Waals surface area (Å²) in [5.41, 5.74) is 2.96. The molecule has 2 spiro atoms. The summed E-state index contributed by atoms with van der Waals surface area (Å²) in [6.45, 7) is 0.152. The van der Waals surface area contributed by atoms with Crippen LogP contribution in [0.5, 0.6) is 0 Å². The molecule has 8 aromatic carbocycles. The molecule has 0 N–H and O–H groups in total. The summed E-state index contributed by atoms with van der Waals surface area (Å²) >= 11 is 7.71. The second-order valence-electron chi connectivity index (χ2n) is 20.3. The molecule has 5 aliphatic rings. The fraction of sp³-hybridized carbons (Fsp3) is 0.0556. The van der Waals surface area contributed by atoms with E-state index in [1.165, 1.54) is 11.8 Å². The molecule has 0 atom stereocenters. The number of Topliss-reactive ketones (excluding diaryl/α,β-unsaturated/α-hetero) is 8. The first kappa shape index (κ1) is 58.8. The van der Waals surface area contributed by atoms with Gasteiger partial charge in [0.05, 0.1) is 56.2 Å². The Kier molecular flexibility index (Phi) is 16.8. The summed E-state index contributed by atoms with van der Waals surface area (Å²) < 4.78 is -3.18. The molecule has 0 aromatic heterocycles. The molecule has 0 bridgehead atoms. The van der Waals surface area contributed by atoms with E-state index in [0.29, 0.717) is 32.5 Å². The van der Waals surface area contributed by atoms with Crippen LogP contribution < -0.4 is 0 Å². The number of carbonyl (C=O) groups excluding carboxylic acids is 8. The van der Waals surface area contributed by atoms with Gasteiger partial charge in [-0.05, 0) is 5.41 Å². The minimum absolute atomic E-state index is 0.00187. The molecule has 0 unspecified atom stereocenters. The lowest BCUT2D eigenvalue weighted by Gasteiger charge is -2.50. The number of nitrogens with zero attached hydrogens (tertiary/aromatic N) is 1. The lowest BCUT2D eigenvalue weighted by molar-refractivity contribution is 0.100. The normalized spacial score (nSPS) is 16.8. The molecule has 88 heavy (non-hydrogen) atoms. The van der Waals surface area contributed by atoms with Crippen molar-refractivity contribution in [3.8, 4) is 0 Å². The van der Waals surface area contributed by atoms with Crippen LogP contribution in [-0.4, -0.2) is 71.6 Å². The highest BCUT2D eigenvalue weighted by Gasteiger charge is 2.63. The second kappa shape index (κ2) is 25.1. The zero-order chi connectivity index (χ0) is 60.5. The molecule has 428 valence electrons. The third-order valence-corrected chi connectivity index (χ3v) is 24.7. The second-order valence-corrected chi connectivity index (χ2v) is 29.0. The summed E-state index contributed by atoms with van der Waals surface area (Å²) in [5.74, 6) is -3.61. The lowest BCUT2D eigenvalue weighted by Crippen LogP contribution is -2.49. The average molecular weight is 1280 g/mol. The summed E-state index contributed by atoms with van der Waals surface area (Å²) in [6.07, 6.45) is 0. The largest absolute Gasteiger partial charge is 0.341 e. The molecule has 5 heterocycles. The fourth-order valence-electron chi connectivity index (χ4n) is 10.8. The van der Waals surface area contributed by atoms with E-state index < -0.39 is 54.4 Å². The highest BCUT2D eigenvalue weighted by molar-refractivity contribution is 8.28. The molecule has 0 saturated heterocycles. The van der Waals surface area contributed by atoms with Crippen molar-refractivity contribution in [2.75, 3.05) is 12.3 Å². The van der Waals surface area contributed by atoms with E-state index in [4.69, 9.17) is 0 Å². The third-order valence-electron chi connectivity index (χ3n) is 14.9. The van der Waals surface area contributed by atoms with Crippen LogP contribution in [0.15, 0.2) is 304 Å². The van der Waals surface area contributed by atoms with Crippen molar-refractivity contribution >= 4 is 129 Å². The van der Waals surface area contributed by atoms with Crippen molar-refractivity contribution < 1.29 is 38.4 Å². The number of rotatable bonds is 17. The smallest absolute Gasteiger partial charge is 0.200 e. The van der Waals surface area contributed by atoms with Crippen molar-refractivity contribution in [1.82, 2.24) is 4.90 Å². The highest BCUT2D eigenvalue weighted by atomic mass is 32.2. The summed E-state index contributed by atoms with van der Waals surface area (Å²) in [5, 5.41) is 1.80. The van der Waals surface area contributed by atoms with E-state index in [-0.39, 0.29) is 80.5 Å². The quantitative estimate of drug-likeness (QED) is 0.0798. The topological polar surface area (TPSA) is 140 Å². The van der Waals surface area contributed by atoms with Crippen molar-refractivity contribution in [1.29, 1.82) is 0 Å².